The Kier molecular flexibility index (Phi) is 5.61. The van der Waals surface area contributed by atoms with Crippen LogP contribution in [-0.4, -0.2) is 44.1 Å². The zero-order valence-electron chi connectivity index (χ0n) is 11.1. The lowest BCUT2D eigenvalue weighted by Gasteiger charge is -2.18. The van der Waals surface area contributed by atoms with Gasteiger partial charge in [-0.05, 0) is 26.1 Å². The molecular weight excluding hydrogens is 230 g/mol. The van der Waals surface area contributed by atoms with Crippen molar-refractivity contribution in [1.29, 1.82) is 0 Å². The van der Waals surface area contributed by atoms with E-state index >= 15 is 0 Å². The summed E-state index contributed by atoms with van der Waals surface area (Å²) in [6, 6.07) is 7.37. The van der Waals surface area contributed by atoms with Gasteiger partial charge in [0, 0.05) is 12.6 Å². The number of likely N-dealkylation sites (N-methyl/N-ethyl adjacent to an activating group) is 1. The van der Waals surface area contributed by atoms with E-state index in [1.807, 2.05) is 37.1 Å². The molecular formula is C13H21N3O2. The Morgan fingerprint density at radius 3 is 2.78 bits per heavy atom. The van der Waals surface area contributed by atoms with Gasteiger partial charge in [0.1, 0.15) is 5.75 Å². The minimum atomic E-state index is -0.0809. The summed E-state index contributed by atoms with van der Waals surface area (Å²) in [5, 5.41) is 2.82. The number of amides is 1. The Labute approximate surface area is 108 Å². The first-order chi connectivity index (χ1) is 8.52. The molecule has 0 heterocycles. The van der Waals surface area contributed by atoms with Crippen LogP contribution in [0.1, 0.15) is 6.92 Å². The van der Waals surface area contributed by atoms with Crippen LogP contribution in [0, 0.1) is 0 Å². The molecule has 1 aromatic rings. The molecule has 1 unspecified atom stereocenters. The normalized spacial score (nSPS) is 12.3. The van der Waals surface area contributed by atoms with Crippen molar-refractivity contribution in [2.45, 2.75) is 13.0 Å². The van der Waals surface area contributed by atoms with E-state index < -0.39 is 0 Å². The summed E-state index contributed by atoms with van der Waals surface area (Å²) in [6.45, 7) is 2.90. The quantitative estimate of drug-likeness (QED) is 0.788. The maximum Gasteiger partial charge on any atom is 0.238 e. The lowest BCUT2D eigenvalue weighted by molar-refractivity contribution is -0.117. The van der Waals surface area contributed by atoms with Crippen molar-refractivity contribution in [3.05, 3.63) is 24.3 Å². The van der Waals surface area contributed by atoms with Gasteiger partial charge in [0.05, 0.1) is 19.3 Å². The number of ether oxygens (including phenoxy) is 1. The summed E-state index contributed by atoms with van der Waals surface area (Å²) in [7, 11) is 3.44. The second-order valence-electron chi connectivity index (χ2n) is 4.42. The number of methoxy groups -OCH3 is 1. The van der Waals surface area contributed by atoms with E-state index in [4.69, 9.17) is 10.5 Å². The molecule has 100 valence electrons. The van der Waals surface area contributed by atoms with E-state index in [0.717, 1.165) is 0 Å². The number of para-hydroxylation sites is 2. The standard InChI is InChI=1S/C13H21N3O2/c1-10(14)8-16(2)9-13(17)15-11-6-4-5-7-12(11)18-3/h4-7,10H,8-9,14H2,1-3H3,(H,15,17). The lowest BCUT2D eigenvalue weighted by Crippen LogP contribution is -2.37. The number of anilines is 1. The van der Waals surface area contributed by atoms with Crippen LogP contribution in [0.4, 0.5) is 5.69 Å². The lowest BCUT2D eigenvalue weighted by atomic mass is 10.3. The molecule has 1 aromatic carbocycles. The number of hydrogen-bond donors (Lipinski definition) is 2. The molecule has 1 rings (SSSR count). The number of carbonyl (C=O) groups excluding carboxylic acids is 1. The van der Waals surface area contributed by atoms with Crippen LogP contribution in [-0.2, 0) is 4.79 Å². The van der Waals surface area contributed by atoms with Crippen LogP contribution in [0.25, 0.3) is 0 Å². The molecule has 0 fully saturated rings. The highest BCUT2D eigenvalue weighted by atomic mass is 16.5. The van der Waals surface area contributed by atoms with Crippen LogP contribution in [0.5, 0.6) is 5.75 Å². The van der Waals surface area contributed by atoms with Crippen molar-refractivity contribution in [1.82, 2.24) is 4.90 Å². The van der Waals surface area contributed by atoms with Crippen LogP contribution >= 0.6 is 0 Å². The predicted octanol–water partition coefficient (Wildman–Crippen LogP) is 0.913. The third-order valence-electron chi connectivity index (χ3n) is 2.39. The molecule has 0 saturated heterocycles. The predicted molar refractivity (Wildman–Crippen MR) is 72.8 cm³/mol. The van der Waals surface area contributed by atoms with Crippen LogP contribution < -0.4 is 15.8 Å². The number of nitrogens with two attached hydrogens (primary N) is 1. The largest absolute Gasteiger partial charge is 0.495 e. The monoisotopic (exact) mass is 251 g/mol. The minimum absolute atomic E-state index is 0.0501. The molecule has 0 saturated carbocycles. The number of nitrogens with one attached hydrogen (secondary N) is 1. The molecule has 0 aliphatic rings. The Bertz CT molecular complexity index is 394. The molecule has 1 atom stereocenters. The van der Waals surface area contributed by atoms with Gasteiger partial charge < -0.3 is 15.8 Å². The Balaban J connectivity index is 2.54. The molecule has 0 aliphatic carbocycles. The van der Waals surface area contributed by atoms with Gasteiger partial charge in [-0.2, -0.15) is 0 Å². The fourth-order valence-electron chi connectivity index (χ4n) is 1.74. The zero-order chi connectivity index (χ0) is 13.5. The van der Waals surface area contributed by atoms with Crippen molar-refractivity contribution >= 4 is 11.6 Å². The van der Waals surface area contributed by atoms with Crippen molar-refractivity contribution in [3.63, 3.8) is 0 Å². The van der Waals surface area contributed by atoms with E-state index in [-0.39, 0.29) is 11.9 Å². The Morgan fingerprint density at radius 2 is 2.17 bits per heavy atom. The fraction of sp³-hybridized carbons (Fsp3) is 0.462. The summed E-state index contributed by atoms with van der Waals surface area (Å²) in [5.41, 5.74) is 6.35. The second kappa shape index (κ2) is 6.98. The van der Waals surface area contributed by atoms with Crippen molar-refractivity contribution < 1.29 is 9.53 Å². The zero-order valence-corrected chi connectivity index (χ0v) is 11.1. The van der Waals surface area contributed by atoms with Gasteiger partial charge in [-0.3, -0.25) is 9.69 Å². The first-order valence-electron chi connectivity index (χ1n) is 5.90. The van der Waals surface area contributed by atoms with E-state index in [1.165, 1.54) is 0 Å². The first-order valence-corrected chi connectivity index (χ1v) is 5.90. The maximum atomic E-state index is 11.8. The van der Waals surface area contributed by atoms with Gasteiger partial charge >= 0.3 is 0 Å². The summed E-state index contributed by atoms with van der Waals surface area (Å²) >= 11 is 0. The summed E-state index contributed by atoms with van der Waals surface area (Å²) < 4.78 is 5.17. The van der Waals surface area contributed by atoms with Crippen molar-refractivity contribution in [2.75, 3.05) is 32.6 Å². The molecule has 0 radical (unpaired) electrons. The summed E-state index contributed by atoms with van der Waals surface area (Å²) in [4.78, 5) is 13.7. The third-order valence-corrected chi connectivity index (χ3v) is 2.39. The number of nitrogens with zero attached hydrogens (tertiary/aromatic N) is 1. The second-order valence-corrected chi connectivity index (χ2v) is 4.42. The number of rotatable bonds is 6. The number of hydrogen-bond acceptors (Lipinski definition) is 4. The first kappa shape index (κ1) is 14.5. The molecule has 1 amide bonds. The molecule has 0 bridgehead atoms. The molecule has 3 N–H and O–H groups in total. The van der Waals surface area contributed by atoms with Crippen molar-refractivity contribution in [2.24, 2.45) is 5.73 Å². The molecule has 0 aliphatic heterocycles. The molecule has 5 heteroatoms. The SMILES string of the molecule is COc1ccccc1NC(=O)CN(C)CC(C)N. The molecule has 0 spiro atoms. The third kappa shape index (κ3) is 4.73. The minimum Gasteiger partial charge on any atom is -0.495 e. The number of carbonyl (C=O) groups is 1. The topological polar surface area (TPSA) is 67.6 Å². The fourth-order valence-corrected chi connectivity index (χ4v) is 1.74. The van der Waals surface area contributed by atoms with E-state index in [0.29, 0.717) is 24.5 Å². The summed E-state index contributed by atoms with van der Waals surface area (Å²) in [6.07, 6.45) is 0. The van der Waals surface area contributed by atoms with Crippen LogP contribution in [0.2, 0.25) is 0 Å². The van der Waals surface area contributed by atoms with Gasteiger partial charge in [0.25, 0.3) is 0 Å². The maximum absolute atomic E-state index is 11.8. The highest BCUT2D eigenvalue weighted by Crippen LogP contribution is 2.22. The van der Waals surface area contributed by atoms with E-state index in [1.54, 1.807) is 13.2 Å². The highest BCUT2D eigenvalue weighted by Gasteiger charge is 2.10. The van der Waals surface area contributed by atoms with Gasteiger partial charge in [0.15, 0.2) is 0 Å². The molecule has 18 heavy (non-hydrogen) atoms. The Hall–Kier alpha value is -1.59. The smallest absolute Gasteiger partial charge is 0.238 e. The average molecular weight is 251 g/mol. The van der Waals surface area contributed by atoms with Crippen LogP contribution in [0.15, 0.2) is 24.3 Å². The molecule has 5 nitrogen and oxygen atoms in total. The van der Waals surface area contributed by atoms with E-state index in [2.05, 4.69) is 5.32 Å². The molecule has 0 aromatic heterocycles. The van der Waals surface area contributed by atoms with Gasteiger partial charge in [-0.25, -0.2) is 0 Å². The van der Waals surface area contributed by atoms with Gasteiger partial charge in [0.2, 0.25) is 5.91 Å². The summed E-state index contributed by atoms with van der Waals surface area (Å²) in [5.74, 6) is 0.573. The highest BCUT2D eigenvalue weighted by molar-refractivity contribution is 5.93. The van der Waals surface area contributed by atoms with Gasteiger partial charge in [-0.15, -0.1) is 0 Å². The average Bonchev–Trinajstić information content (AvgIpc) is 2.28. The Morgan fingerprint density at radius 1 is 1.50 bits per heavy atom. The van der Waals surface area contributed by atoms with Gasteiger partial charge in [-0.1, -0.05) is 12.1 Å². The van der Waals surface area contributed by atoms with Crippen molar-refractivity contribution in [3.8, 4) is 5.75 Å². The van der Waals surface area contributed by atoms with E-state index in [9.17, 15) is 4.79 Å². The van der Waals surface area contributed by atoms with Crippen LogP contribution in [0.3, 0.4) is 0 Å². The number of benzene rings is 1.